The normalized spacial score (nSPS) is 15.9. The van der Waals surface area contributed by atoms with Crippen molar-refractivity contribution in [3.05, 3.63) is 29.8 Å². The molecule has 0 bridgehead atoms. The van der Waals surface area contributed by atoms with Gasteiger partial charge in [0.25, 0.3) is 0 Å². The van der Waals surface area contributed by atoms with Crippen molar-refractivity contribution in [3.63, 3.8) is 0 Å². The molecule has 0 radical (unpaired) electrons. The summed E-state index contributed by atoms with van der Waals surface area (Å²) >= 11 is 0. The van der Waals surface area contributed by atoms with Crippen molar-refractivity contribution < 1.29 is 9.53 Å². The molecular formula is C16H24N2O2. The van der Waals surface area contributed by atoms with Crippen LogP contribution in [0.15, 0.2) is 24.3 Å². The highest BCUT2D eigenvalue weighted by Crippen LogP contribution is 2.17. The van der Waals surface area contributed by atoms with Gasteiger partial charge in [0.05, 0.1) is 6.61 Å². The number of hydrogen-bond acceptors (Lipinski definition) is 3. The molecule has 4 heteroatoms. The number of carbonyl (C=O) groups is 1. The highest BCUT2D eigenvalue weighted by atomic mass is 16.5. The SMILES string of the molecule is CCOc1ccc(CN(C)C(=O)C2CCNCC2)cc1. The van der Waals surface area contributed by atoms with Crippen molar-refractivity contribution in [1.82, 2.24) is 10.2 Å². The first-order chi connectivity index (χ1) is 9.70. The van der Waals surface area contributed by atoms with Crippen LogP contribution in [-0.2, 0) is 11.3 Å². The second-order valence-corrected chi connectivity index (χ2v) is 5.30. The topological polar surface area (TPSA) is 41.6 Å². The summed E-state index contributed by atoms with van der Waals surface area (Å²) in [5.41, 5.74) is 1.14. The van der Waals surface area contributed by atoms with Crippen molar-refractivity contribution in [1.29, 1.82) is 0 Å². The number of nitrogens with zero attached hydrogens (tertiary/aromatic N) is 1. The number of hydrogen-bond donors (Lipinski definition) is 1. The van der Waals surface area contributed by atoms with E-state index >= 15 is 0 Å². The fraction of sp³-hybridized carbons (Fsp3) is 0.562. The van der Waals surface area contributed by atoms with Crippen LogP contribution in [0.5, 0.6) is 5.75 Å². The zero-order chi connectivity index (χ0) is 14.4. The average Bonchev–Trinajstić information content (AvgIpc) is 2.49. The number of ether oxygens (including phenoxy) is 1. The minimum absolute atomic E-state index is 0.184. The first kappa shape index (κ1) is 14.9. The maximum atomic E-state index is 12.3. The standard InChI is InChI=1S/C16H24N2O2/c1-3-20-15-6-4-13(5-7-15)12-18(2)16(19)14-8-10-17-11-9-14/h4-7,14,17H,3,8-12H2,1-2H3. The van der Waals surface area contributed by atoms with E-state index in [9.17, 15) is 4.79 Å². The van der Waals surface area contributed by atoms with E-state index in [0.29, 0.717) is 13.2 Å². The van der Waals surface area contributed by atoms with E-state index in [2.05, 4.69) is 5.32 Å². The Hall–Kier alpha value is -1.55. The molecule has 1 N–H and O–H groups in total. The van der Waals surface area contributed by atoms with Crippen molar-refractivity contribution in [2.24, 2.45) is 5.92 Å². The monoisotopic (exact) mass is 276 g/mol. The maximum Gasteiger partial charge on any atom is 0.225 e. The Morgan fingerprint density at radius 3 is 2.55 bits per heavy atom. The van der Waals surface area contributed by atoms with Crippen molar-refractivity contribution in [2.75, 3.05) is 26.7 Å². The Morgan fingerprint density at radius 2 is 1.95 bits per heavy atom. The largest absolute Gasteiger partial charge is 0.494 e. The van der Waals surface area contributed by atoms with Crippen molar-refractivity contribution >= 4 is 5.91 Å². The number of amides is 1. The summed E-state index contributed by atoms with van der Waals surface area (Å²) < 4.78 is 5.42. The van der Waals surface area contributed by atoms with E-state index in [1.54, 1.807) is 0 Å². The van der Waals surface area contributed by atoms with Crippen LogP contribution in [0.2, 0.25) is 0 Å². The molecule has 110 valence electrons. The van der Waals surface area contributed by atoms with Gasteiger partial charge in [-0.3, -0.25) is 4.79 Å². The molecule has 0 spiro atoms. The molecule has 1 aromatic rings. The van der Waals surface area contributed by atoms with Crippen LogP contribution in [0.1, 0.15) is 25.3 Å². The van der Waals surface area contributed by atoms with Gasteiger partial charge in [-0.15, -0.1) is 0 Å². The Morgan fingerprint density at radius 1 is 1.30 bits per heavy atom. The van der Waals surface area contributed by atoms with E-state index in [0.717, 1.165) is 37.2 Å². The van der Waals surface area contributed by atoms with Crippen molar-refractivity contribution in [3.8, 4) is 5.75 Å². The molecule has 1 amide bonds. The first-order valence-corrected chi connectivity index (χ1v) is 7.38. The molecule has 1 saturated heterocycles. The van der Waals surface area contributed by atoms with E-state index in [4.69, 9.17) is 4.74 Å². The maximum absolute atomic E-state index is 12.3. The fourth-order valence-electron chi connectivity index (χ4n) is 2.59. The predicted octanol–water partition coefficient (Wildman–Crippen LogP) is 2.04. The van der Waals surface area contributed by atoms with E-state index in [1.165, 1.54) is 0 Å². The molecular weight excluding hydrogens is 252 g/mol. The predicted molar refractivity (Wildman–Crippen MR) is 79.7 cm³/mol. The van der Waals surface area contributed by atoms with Gasteiger partial charge in [-0.25, -0.2) is 0 Å². The van der Waals surface area contributed by atoms with E-state index < -0.39 is 0 Å². The quantitative estimate of drug-likeness (QED) is 0.895. The molecule has 0 aliphatic carbocycles. The summed E-state index contributed by atoms with van der Waals surface area (Å²) in [4.78, 5) is 14.2. The van der Waals surface area contributed by atoms with E-state index in [1.807, 2.05) is 43.1 Å². The number of carbonyl (C=O) groups excluding carboxylic acids is 1. The first-order valence-electron chi connectivity index (χ1n) is 7.38. The van der Waals surface area contributed by atoms with Crippen LogP contribution in [0, 0.1) is 5.92 Å². The second-order valence-electron chi connectivity index (χ2n) is 5.30. The molecule has 1 fully saturated rings. The minimum Gasteiger partial charge on any atom is -0.494 e. The Kier molecular flexibility index (Phi) is 5.41. The molecule has 0 unspecified atom stereocenters. The van der Waals surface area contributed by atoms with Crippen LogP contribution in [0.4, 0.5) is 0 Å². The summed E-state index contributed by atoms with van der Waals surface area (Å²) in [5.74, 6) is 1.33. The van der Waals surface area contributed by atoms with Gasteiger partial charge in [0, 0.05) is 19.5 Å². The Bertz CT molecular complexity index is 425. The minimum atomic E-state index is 0.184. The molecule has 1 aliphatic heterocycles. The number of nitrogens with one attached hydrogen (secondary N) is 1. The zero-order valence-corrected chi connectivity index (χ0v) is 12.4. The van der Waals surface area contributed by atoms with E-state index in [-0.39, 0.29) is 11.8 Å². The van der Waals surface area contributed by atoms with Crippen LogP contribution >= 0.6 is 0 Å². The zero-order valence-electron chi connectivity index (χ0n) is 12.4. The fourth-order valence-corrected chi connectivity index (χ4v) is 2.59. The van der Waals surface area contributed by atoms with Gasteiger partial charge < -0.3 is 15.0 Å². The van der Waals surface area contributed by atoms with Gasteiger partial charge in [-0.1, -0.05) is 12.1 Å². The molecule has 1 aliphatic rings. The van der Waals surface area contributed by atoms with Crippen LogP contribution < -0.4 is 10.1 Å². The second kappa shape index (κ2) is 7.29. The third-order valence-corrected chi connectivity index (χ3v) is 3.72. The Balaban J connectivity index is 1.89. The molecule has 1 heterocycles. The van der Waals surface area contributed by atoms with Gasteiger partial charge in [-0.2, -0.15) is 0 Å². The van der Waals surface area contributed by atoms with Crippen LogP contribution in [-0.4, -0.2) is 37.6 Å². The number of benzene rings is 1. The summed E-state index contributed by atoms with van der Waals surface area (Å²) in [6.45, 7) is 5.21. The summed E-state index contributed by atoms with van der Waals surface area (Å²) in [6.07, 6.45) is 1.90. The molecule has 1 aromatic carbocycles. The average molecular weight is 276 g/mol. The highest BCUT2D eigenvalue weighted by Gasteiger charge is 2.23. The molecule has 0 aromatic heterocycles. The van der Waals surface area contributed by atoms with Crippen LogP contribution in [0.25, 0.3) is 0 Å². The highest BCUT2D eigenvalue weighted by molar-refractivity contribution is 5.78. The van der Waals surface area contributed by atoms with Crippen LogP contribution in [0.3, 0.4) is 0 Å². The lowest BCUT2D eigenvalue weighted by atomic mass is 9.96. The molecule has 20 heavy (non-hydrogen) atoms. The summed E-state index contributed by atoms with van der Waals surface area (Å²) in [7, 11) is 1.89. The lowest BCUT2D eigenvalue weighted by molar-refractivity contribution is -0.135. The molecule has 0 saturated carbocycles. The van der Waals surface area contributed by atoms with Gasteiger partial charge in [0.1, 0.15) is 5.75 Å². The third kappa shape index (κ3) is 3.97. The number of piperidine rings is 1. The van der Waals surface area contributed by atoms with Gasteiger partial charge in [-0.05, 0) is 50.6 Å². The molecule has 2 rings (SSSR count). The van der Waals surface area contributed by atoms with Gasteiger partial charge >= 0.3 is 0 Å². The van der Waals surface area contributed by atoms with Gasteiger partial charge in [0.2, 0.25) is 5.91 Å². The number of rotatable bonds is 5. The third-order valence-electron chi connectivity index (χ3n) is 3.72. The van der Waals surface area contributed by atoms with Crippen molar-refractivity contribution in [2.45, 2.75) is 26.3 Å². The molecule has 4 nitrogen and oxygen atoms in total. The Labute approximate surface area is 121 Å². The lowest BCUT2D eigenvalue weighted by Crippen LogP contribution is -2.38. The lowest BCUT2D eigenvalue weighted by Gasteiger charge is -2.27. The van der Waals surface area contributed by atoms with Gasteiger partial charge in [0.15, 0.2) is 0 Å². The molecule has 0 atom stereocenters. The smallest absolute Gasteiger partial charge is 0.225 e. The summed E-state index contributed by atoms with van der Waals surface area (Å²) in [5, 5.41) is 3.29. The summed E-state index contributed by atoms with van der Waals surface area (Å²) in [6, 6.07) is 7.97.